The van der Waals surface area contributed by atoms with E-state index in [0.717, 1.165) is 29.8 Å². The quantitative estimate of drug-likeness (QED) is 0.389. The Labute approximate surface area is 190 Å². The van der Waals surface area contributed by atoms with E-state index >= 15 is 0 Å². The average Bonchev–Trinajstić information content (AvgIpc) is 2.80. The maximum absolute atomic E-state index is 12.9. The Hall–Kier alpha value is -3.68. The lowest BCUT2D eigenvalue weighted by Gasteiger charge is -2.13. The highest BCUT2D eigenvalue weighted by Crippen LogP contribution is 2.34. The predicted octanol–water partition coefficient (Wildman–Crippen LogP) is 6.60. The first kappa shape index (κ1) is 24.0. The van der Waals surface area contributed by atoms with Gasteiger partial charge in [0.15, 0.2) is 0 Å². The van der Waals surface area contributed by atoms with Crippen LogP contribution in [0.1, 0.15) is 25.8 Å². The molecule has 1 N–H and O–H groups in total. The van der Waals surface area contributed by atoms with Gasteiger partial charge in [0.25, 0.3) is 0 Å². The highest BCUT2D eigenvalue weighted by molar-refractivity contribution is 5.96. The number of halogens is 3. The van der Waals surface area contributed by atoms with Crippen molar-refractivity contribution in [2.75, 3.05) is 19.0 Å². The van der Waals surface area contributed by atoms with E-state index in [4.69, 9.17) is 4.74 Å². The number of aromatic nitrogens is 3. The van der Waals surface area contributed by atoms with Crippen molar-refractivity contribution in [2.24, 2.45) is 0 Å². The van der Waals surface area contributed by atoms with Gasteiger partial charge in [-0.25, -0.2) is 9.97 Å². The average molecular weight is 454 g/mol. The molecular formula is C25H25F3N4O. The molecule has 0 fully saturated rings. The number of anilines is 1. The molecule has 0 aliphatic carbocycles. The summed E-state index contributed by atoms with van der Waals surface area (Å²) in [5, 5.41) is 3.92. The van der Waals surface area contributed by atoms with E-state index in [9.17, 15) is 13.2 Å². The van der Waals surface area contributed by atoms with E-state index in [1.165, 1.54) is 19.5 Å². The second-order valence-corrected chi connectivity index (χ2v) is 7.43. The molecule has 2 aromatic heterocycles. The molecule has 2 heterocycles. The van der Waals surface area contributed by atoms with E-state index in [0.29, 0.717) is 40.3 Å². The fourth-order valence-corrected chi connectivity index (χ4v) is 3.21. The number of pyridine rings is 1. The third-order valence-electron chi connectivity index (χ3n) is 4.90. The molecule has 0 saturated carbocycles. The summed E-state index contributed by atoms with van der Waals surface area (Å²) in [5.41, 5.74) is 2.75. The number of fused-ring (bicyclic) bond motifs is 1. The van der Waals surface area contributed by atoms with Gasteiger partial charge in [0.2, 0.25) is 0 Å². The molecule has 172 valence electrons. The molecule has 0 atom stereocenters. The minimum absolute atomic E-state index is 0.378. The van der Waals surface area contributed by atoms with Crippen molar-refractivity contribution in [1.29, 1.82) is 0 Å². The molecule has 33 heavy (non-hydrogen) atoms. The van der Waals surface area contributed by atoms with Gasteiger partial charge in [-0.15, -0.1) is 0 Å². The first-order chi connectivity index (χ1) is 15.7. The second-order valence-electron chi connectivity index (χ2n) is 7.43. The number of rotatable bonds is 8. The van der Waals surface area contributed by atoms with Gasteiger partial charge >= 0.3 is 6.18 Å². The van der Waals surface area contributed by atoms with Crippen molar-refractivity contribution in [3.8, 4) is 17.0 Å². The number of allylic oxidation sites excluding steroid dienone is 3. The predicted molar refractivity (Wildman–Crippen MR) is 125 cm³/mol. The van der Waals surface area contributed by atoms with Crippen LogP contribution in [0.2, 0.25) is 0 Å². The monoisotopic (exact) mass is 454 g/mol. The Bertz CT molecular complexity index is 1200. The smallest absolute Gasteiger partial charge is 0.417 e. The van der Waals surface area contributed by atoms with Crippen LogP contribution >= 0.6 is 0 Å². The van der Waals surface area contributed by atoms with Gasteiger partial charge in [0.05, 0.1) is 18.4 Å². The van der Waals surface area contributed by atoms with Crippen LogP contribution in [0.5, 0.6) is 5.75 Å². The van der Waals surface area contributed by atoms with Crippen LogP contribution in [0.3, 0.4) is 0 Å². The number of nitrogens with zero attached hydrogens (tertiary/aromatic N) is 3. The van der Waals surface area contributed by atoms with Crippen LogP contribution in [-0.2, 0) is 6.18 Å². The van der Waals surface area contributed by atoms with Crippen LogP contribution in [-0.4, -0.2) is 28.6 Å². The largest absolute Gasteiger partial charge is 0.494 e. The highest BCUT2D eigenvalue weighted by atomic mass is 19.4. The Morgan fingerprint density at radius 1 is 1.15 bits per heavy atom. The lowest BCUT2D eigenvalue weighted by atomic mass is 10.1. The number of ether oxygens (including phenoxy) is 1. The van der Waals surface area contributed by atoms with E-state index in [2.05, 4.69) is 39.8 Å². The summed E-state index contributed by atoms with van der Waals surface area (Å²) in [6.45, 7) is 8.62. The van der Waals surface area contributed by atoms with Crippen molar-refractivity contribution < 1.29 is 17.9 Å². The minimum Gasteiger partial charge on any atom is -0.494 e. The summed E-state index contributed by atoms with van der Waals surface area (Å²) < 4.78 is 44.1. The molecule has 1 aromatic carbocycles. The van der Waals surface area contributed by atoms with Crippen LogP contribution in [0.15, 0.2) is 72.7 Å². The molecular weight excluding hydrogens is 429 g/mol. The normalized spacial score (nSPS) is 12.4. The van der Waals surface area contributed by atoms with Crippen LogP contribution in [0.4, 0.5) is 19.0 Å². The van der Waals surface area contributed by atoms with Crippen molar-refractivity contribution in [2.45, 2.75) is 26.4 Å². The number of hydrogen-bond donors (Lipinski definition) is 1. The van der Waals surface area contributed by atoms with Crippen molar-refractivity contribution in [3.05, 3.63) is 78.3 Å². The van der Waals surface area contributed by atoms with Gasteiger partial charge < -0.3 is 10.1 Å². The maximum atomic E-state index is 12.9. The summed E-state index contributed by atoms with van der Waals surface area (Å²) in [6.07, 6.45) is 4.83. The van der Waals surface area contributed by atoms with Crippen LogP contribution in [0, 0.1) is 0 Å². The summed E-state index contributed by atoms with van der Waals surface area (Å²) in [6, 6.07) is 5.81. The number of alkyl halides is 3. The topological polar surface area (TPSA) is 59.9 Å². The van der Waals surface area contributed by atoms with E-state index in [1.807, 2.05) is 19.1 Å². The molecule has 0 amide bonds. The van der Waals surface area contributed by atoms with Crippen molar-refractivity contribution >= 4 is 16.7 Å². The lowest BCUT2D eigenvalue weighted by molar-refractivity contribution is -0.137. The molecule has 3 aromatic rings. The Balaban J connectivity index is 1.92. The van der Waals surface area contributed by atoms with E-state index in [1.54, 1.807) is 12.1 Å². The Kier molecular flexibility index (Phi) is 7.48. The minimum atomic E-state index is -4.45. The first-order valence-corrected chi connectivity index (χ1v) is 10.4. The lowest BCUT2D eigenvalue weighted by Crippen LogP contribution is -2.06. The fraction of sp³-hybridized carbons (Fsp3) is 0.240. The zero-order valence-corrected chi connectivity index (χ0v) is 18.7. The summed E-state index contributed by atoms with van der Waals surface area (Å²) >= 11 is 0. The number of benzene rings is 1. The molecule has 8 heteroatoms. The summed E-state index contributed by atoms with van der Waals surface area (Å²) in [5.74, 6) is 1.02. The van der Waals surface area contributed by atoms with Crippen LogP contribution < -0.4 is 10.1 Å². The van der Waals surface area contributed by atoms with Crippen molar-refractivity contribution in [3.63, 3.8) is 0 Å². The first-order valence-electron chi connectivity index (χ1n) is 10.4. The Morgan fingerprint density at radius 3 is 2.58 bits per heavy atom. The zero-order chi connectivity index (χ0) is 24.0. The highest BCUT2D eigenvalue weighted by Gasteiger charge is 2.30. The Morgan fingerprint density at radius 2 is 1.94 bits per heavy atom. The molecule has 0 unspecified atom stereocenters. The SMILES string of the molecule is C=C(/C=C\C(C)=C\CC)CNc1ncnc2c(OC)cc(-c3ccc(C(F)(F)F)cn3)cc12. The van der Waals surface area contributed by atoms with Crippen LogP contribution in [0.25, 0.3) is 22.2 Å². The molecule has 0 saturated heterocycles. The van der Waals surface area contributed by atoms with Gasteiger partial charge in [-0.2, -0.15) is 13.2 Å². The fourth-order valence-electron chi connectivity index (χ4n) is 3.21. The van der Waals surface area contributed by atoms with Gasteiger partial charge in [0, 0.05) is 23.7 Å². The number of methoxy groups -OCH3 is 1. The molecule has 0 bridgehead atoms. The molecule has 0 spiro atoms. The number of nitrogens with one attached hydrogen (secondary N) is 1. The summed E-state index contributed by atoms with van der Waals surface area (Å²) in [4.78, 5) is 12.6. The summed E-state index contributed by atoms with van der Waals surface area (Å²) in [7, 11) is 1.51. The zero-order valence-electron chi connectivity index (χ0n) is 18.7. The van der Waals surface area contributed by atoms with E-state index in [-0.39, 0.29) is 0 Å². The molecule has 5 nitrogen and oxygen atoms in total. The van der Waals surface area contributed by atoms with E-state index < -0.39 is 11.7 Å². The standard InChI is InChI=1S/C25H25F3N4O/c1-5-6-16(2)7-8-17(3)13-30-24-20-11-18(12-22(33-4)23(20)31-15-32-24)21-10-9-19(14-29-21)25(26,27)28/h6-12,14-15H,3,5,13H2,1-2,4H3,(H,30,31,32)/b8-7-,16-6+. The van der Waals surface area contributed by atoms with Gasteiger partial charge in [-0.1, -0.05) is 37.3 Å². The second kappa shape index (κ2) is 10.3. The maximum Gasteiger partial charge on any atom is 0.417 e. The van der Waals surface area contributed by atoms with Gasteiger partial charge in [-0.3, -0.25) is 4.98 Å². The third kappa shape index (κ3) is 5.97. The molecule has 0 radical (unpaired) electrons. The van der Waals surface area contributed by atoms with Crippen molar-refractivity contribution in [1.82, 2.24) is 15.0 Å². The number of hydrogen-bond acceptors (Lipinski definition) is 5. The van der Waals surface area contributed by atoms with Gasteiger partial charge in [-0.05, 0) is 43.2 Å². The molecule has 0 aliphatic rings. The molecule has 3 rings (SSSR count). The third-order valence-corrected chi connectivity index (χ3v) is 4.90. The molecule has 0 aliphatic heterocycles. The van der Waals surface area contributed by atoms with Gasteiger partial charge in [0.1, 0.15) is 23.4 Å².